The summed E-state index contributed by atoms with van der Waals surface area (Å²) in [6.45, 7) is 6.36. The summed E-state index contributed by atoms with van der Waals surface area (Å²) in [4.78, 5) is 16.0. The van der Waals surface area contributed by atoms with Gasteiger partial charge < -0.3 is 10.2 Å². The zero-order valence-electron chi connectivity index (χ0n) is 14.9. The molecule has 3 nitrogen and oxygen atoms in total. The van der Waals surface area contributed by atoms with Gasteiger partial charge >= 0.3 is 0 Å². The predicted octanol–water partition coefficient (Wildman–Crippen LogP) is 2.95. The van der Waals surface area contributed by atoms with Crippen molar-refractivity contribution < 1.29 is 9.69 Å². The van der Waals surface area contributed by atoms with Crippen molar-refractivity contribution >= 4 is 23.3 Å². The molecule has 0 spiro atoms. The van der Waals surface area contributed by atoms with E-state index in [1.807, 2.05) is 12.1 Å². The van der Waals surface area contributed by atoms with Crippen molar-refractivity contribution in [3.8, 4) is 0 Å². The number of hydrogen-bond donors (Lipinski definition) is 2. The summed E-state index contributed by atoms with van der Waals surface area (Å²) in [6.07, 6.45) is 7.59. The molecule has 0 saturated carbocycles. The molecule has 0 unspecified atom stereocenters. The average molecular weight is 356 g/mol. The van der Waals surface area contributed by atoms with E-state index in [-0.39, 0.29) is 5.91 Å². The summed E-state index contributed by atoms with van der Waals surface area (Å²) in [5.41, 5.74) is 2.53. The van der Waals surface area contributed by atoms with E-state index in [4.69, 9.17) is 0 Å². The summed E-state index contributed by atoms with van der Waals surface area (Å²) in [5.74, 6) is -0.0482. The van der Waals surface area contributed by atoms with Gasteiger partial charge in [0, 0.05) is 27.9 Å². The van der Waals surface area contributed by atoms with Crippen molar-refractivity contribution in [2.75, 3.05) is 13.1 Å². The first-order valence-corrected chi connectivity index (χ1v) is 9.94. The maximum Gasteiger partial charge on any atom is 0.244 e. The lowest BCUT2D eigenvalue weighted by molar-refractivity contribution is -0.918. The number of carbonyl (C=O) groups is 1. The highest BCUT2D eigenvalue weighted by Crippen LogP contribution is 2.16. The molecule has 1 aliphatic heterocycles. The average Bonchev–Trinajstić information content (AvgIpc) is 3.06. The van der Waals surface area contributed by atoms with Gasteiger partial charge in [-0.3, -0.25) is 4.79 Å². The van der Waals surface area contributed by atoms with Crippen LogP contribution in [0, 0.1) is 6.92 Å². The van der Waals surface area contributed by atoms with Crippen molar-refractivity contribution in [2.45, 2.75) is 39.3 Å². The highest BCUT2D eigenvalue weighted by Gasteiger charge is 2.13. The molecule has 1 fully saturated rings. The summed E-state index contributed by atoms with van der Waals surface area (Å²) >= 11 is 1.69. The molecular formula is C21H27N2OS+. The van der Waals surface area contributed by atoms with Gasteiger partial charge in [0.2, 0.25) is 5.91 Å². The van der Waals surface area contributed by atoms with Crippen LogP contribution >= 0.6 is 11.3 Å². The Labute approximate surface area is 154 Å². The van der Waals surface area contributed by atoms with E-state index in [0.717, 1.165) is 17.0 Å². The molecule has 4 heteroatoms. The monoisotopic (exact) mass is 355 g/mol. The van der Waals surface area contributed by atoms with Gasteiger partial charge in [-0.25, -0.2) is 0 Å². The summed E-state index contributed by atoms with van der Waals surface area (Å²) in [5, 5.41) is 2.95. The van der Waals surface area contributed by atoms with Gasteiger partial charge in [-0.05, 0) is 50.0 Å². The third-order valence-corrected chi connectivity index (χ3v) is 5.63. The van der Waals surface area contributed by atoms with E-state index >= 15 is 0 Å². The molecule has 1 aromatic carbocycles. The fraction of sp³-hybridized carbons (Fsp3) is 0.381. The zero-order valence-corrected chi connectivity index (χ0v) is 15.7. The van der Waals surface area contributed by atoms with E-state index in [0.29, 0.717) is 6.54 Å². The van der Waals surface area contributed by atoms with E-state index in [2.05, 4.69) is 42.6 Å². The Morgan fingerprint density at radius 2 is 1.80 bits per heavy atom. The summed E-state index contributed by atoms with van der Waals surface area (Å²) < 4.78 is 0. The Hall–Kier alpha value is -1.91. The molecule has 2 heterocycles. The van der Waals surface area contributed by atoms with Crippen molar-refractivity contribution in [1.82, 2.24) is 5.32 Å². The van der Waals surface area contributed by atoms with Crippen LogP contribution in [-0.2, 0) is 17.9 Å². The minimum atomic E-state index is -0.0482. The van der Waals surface area contributed by atoms with Crippen molar-refractivity contribution in [2.24, 2.45) is 0 Å². The number of likely N-dealkylation sites (tertiary alicyclic amines) is 1. The Morgan fingerprint density at radius 1 is 1.08 bits per heavy atom. The van der Waals surface area contributed by atoms with Gasteiger partial charge in [-0.2, -0.15) is 0 Å². The summed E-state index contributed by atoms with van der Waals surface area (Å²) in [7, 11) is 0. The van der Waals surface area contributed by atoms with E-state index in [1.165, 1.54) is 42.8 Å². The Kier molecular flexibility index (Phi) is 6.42. The molecule has 0 atom stereocenters. The lowest BCUT2D eigenvalue weighted by Crippen LogP contribution is -3.11. The Balaban J connectivity index is 1.44. The number of carbonyl (C=O) groups excluding carboxylic acids is 1. The standard InChI is InChI=1S/C21H26N2OS/c1-17-5-10-20(25-17)11-12-21(24)22-15-18-6-8-19(9-7-18)16-23-13-3-2-4-14-23/h5-12H,2-4,13-16H2,1H3,(H,22,24)/p+1/b12-11+. The summed E-state index contributed by atoms with van der Waals surface area (Å²) in [6, 6.07) is 12.8. The van der Waals surface area contributed by atoms with E-state index in [9.17, 15) is 4.79 Å². The topological polar surface area (TPSA) is 33.5 Å². The van der Waals surface area contributed by atoms with Gasteiger partial charge in [-0.15, -0.1) is 11.3 Å². The number of quaternary nitrogens is 1. The smallest absolute Gasteiger partial charge is 0.244 e. The SMILES string of the molecule is Cc1ccc(/C=C/C(=O)NCc2ccc(C[NH+]3CCCCC3)cc2)s1. The van der Waals surface area contributed by atoms with Crippen LogP contribution in [-0.4, -0.2) is 19.0 Å². The van der Waals surface area contributed by atoms with Crippen LogP contribution in [0.3, 0.4) is 0 Å². The third kappa shape index (κ3) is 5.83. The second-order valence-electron chi connectivity index (χ2n) is 6.80. The highest BCUT2D eigenvalue weighted by atomic mass is 32.1. The molecule has 1 aromatic heterocycles. The number of amides is 1. The number of hydrogen-bond acceptors (Lipinski definition) is 2. The maximum atomic E-state index is 11.9. The highest BCUT2D eigenvalue weighted by molar-refractivity contribution is 7.12. The molecule has 3 rings (SSSR count). The van der Waals surface area contributed by atoms with Crippen LogP contribution in [0.25, 0.3) is 6.08 Å². The maximum absolute atomic E-state index is 11.9. The minimum absolute atomic E-state index is 0.0482. The molecule has 2 N–H and O–H groups in total. The van der Waals surface area contributed by atoms with Gasteiger partial charge in [0.1, 0.15) is 6.54 Å². The molecule has 1 saturated heterocycles. The Morgan fingerprint density at radius 3 is 2.48 bits per heavy atom. The van der Waals surface area contributed by atoms with Gasteiger partial charge in [0.25, 0.3) is 0 Å². The number of aryl methyl sites for hydroxylation is 1. The number of benzene rings is 1. The second kappa shape index (κ2) is 8.97. The van der Waals surface area contributed by atoms with Crippen LogP contribution < -0.4 is 10.2 Å². The molecular weight excluding hydrogens is 328 g/mol. The molecule has 1 amide bonds. The van der Waals surface area contributed by atoms with E-state index in [1.54, 1.807) is 22.3 Å². The minimum Gasteiger partial charge on any atom is -0.348 e. The van der Waals surface area contributed by atoms with Crippen molar-refractivity contribution in [3.05, 3.63) is 63.4 Å². The van der Waals surface area contributed by atoms with Crippen molar-refractivity contribution in [1.29, 1.82) is 0 Å². The molecule has 2 aromatic rings. The third-order valence-electron chi connectivity index (χ3n) is 4.66. The van der Waals surface area contributed by atoms with Gasteiger partial charge in [0.15, 0.2) is 0 Å². The first kappa shape index (κ1) is 17.9. The molecule has 25 heavy (non-hydrogen) atoms. The fourth-order valence-electron chi connectivity index (χ4n) is 3.24. The molecule has 0 aliphatic carbocycles. The van der Waals surface area contributed by atoms with Crippen LogP contribution in [0.2, 0.25) is 0 Å². The molecule has 0 bridgehead atoms. The number of piperidine rings is 1. The zero-order chi connectivity index (χ0) is 17.5. The number of rotatable bonds is 6. The van der Waals surface area contributed by atoms with Crippen LogP contribution in [0.15, 0.2) is 42.5 Å². The predicted molar refractivity (Wildman–Crippen MR) is 105 cm³/mol. The molecule has 1 aliphatic rings. The lowest BCUT2D eigenvalue weighted by atomic mass is 10.1. The van der Waals surface area contributed by atoms with Gasteiger partial charge in [-0.1, -0.05) is 24.3 Å². The fourth-order valence-corrected chi connectivity index (χ4v) is 4.02. The normalized spacial score (nSPS) is 15.6. The van der Waals surface area contributed by atoms with Crippen molar-refractivity contribution in [3.63, 3.8) is 0 Å². The van der Waals surface area contributed by atoms with E-state index < -0.39 is 0 Å². The largest absolute Gasteiger partial charge is 0.348 e. The molecule has 0 radical (unpaired) electrons. The van der Waals surface area contributed by atoms with Crippen LogP contribution in [0.1, 0.15) is 40.1 Å². The lowest BCUT2D eigenvalue weighted by Gasteiger charge is -2.23. The first-order chi connectivity index (χ1) is 12.2. The van der Waals surface area contributed by atoms with Crippen LogP contribution in [0.4, 0.5) is 0 Å². The van der Waals surface area contributed by atoms with Crippen LogP contribution in [0.5, 0.6) is 0 Å². The molecule has 132 valence electrons. The first-order valence-electron chi connectivity index (χ1n) is 9.13. The number of thiophene rings is 1. The quantitative estimate of drug-likeness (QED) is 0.768. The number of nitrogens with one attached hydrogen (secondary N) is 2. The Bertz CT molecular complexity index is 712. The second-order valence-corrected chi connectivity index (χ2v) is 8.12. The van der Waals surface area contributed by atoms with Gasteiger partial charge in [0.05, 0.1) is 13.1 Å².